The molecule has 0 amide bonds. The quantitative estimate of drug-likeness (QED) is 0.825. The van der Waals surface area contributed by atoms with Gasteiger partial charge in [0.2, 0.25) is 0 Å². The second-order valence-corrected chi connectivity index (χ2v) is 4.45. The van der Waals surface area contributed by atoms with E-state index in [9.17, 15) is 0 Å². The number of methoxy groups -OCH3 is 2. The van der Waals surface area contributed by atoms with Crippen LogP contribution in [0.5, 0.6) is 5.75 Å². The molecule has 0 heterocycles. The highest BCUT2D eigenvalue weighted by Crippen LogP contribution is 2.29. The van der Waals surface area contributed by atoms with Gasteiger partial charge in [0, 0.05) is 12.7 Å². The number of rotatable bonds is 6. The lowest BCUT2D eigenvalue weighted by molar-refractivity contribution is 0.169. The molecule has 0 aliphatic rings. The Balaban J connectivity index is 3.06. The molecule has 1 aromatic rings. The molecule has 0 fully saturated rings. The van der Waals surface area contributed by atoms with E-state index in [1.807, 2.05) is 7.05 Å². The first kappa shape index (κ1) is 14.0. The molecule has 0 aromatic heterocycles. The van der Waals surface area contributed by atoms with Gasteiger partial charge in [-0.15, -0.1) is 0 Å². The zero-order chi connectivity index (χ0) is 12.8. The minimum atomic E-state index is 0.163. The van der Waals surface area contributed by atoms with E-state index >= 15 is 0 Å². The fourth-order valence-electron chi connectivity index (χ4n) is 1.87. The van der Waals surface area contributed by atoms with Crippen molar-refractivity contribution in [3.05, 3.63) is 29.3 Å². The molecular formula is C14H23NO2. The van der Waals surface area contributed by atoms with E-state index in [1.165, 1.54) is 5.56 Å². The third-order valence-electron chi connectivity index (χ3n) is 2.98. The summed E-state index contributed by atoms with van der Waals surface area (Å²) in [6.45, 7) is 4.99. The van der Waals surface area contributed by atoms with Crippen molar-refractivity contribution in [1.82, 2.24) is 5.32 Å². The molecule has 96 valence electrons. The summed E-state index contributed by atoms with van der Waals surface area (Å²) >= 11 is 0. The second-order valence-electron chi connectivity index (χ2n) is 4.45. The van der Waals surface area contributed by atoms with Crippen LogP contribution in [-0.2, 0) is 4.74 Å². The van der Waals surface area contributed by atoms with Crippen LogP contribution in [0.25, 0.3) is 0 Å². The maximum absolute atomic E-state index is 5.47. The predicted molar refractivity (Wildman–Crippen MR) is 70.8 cm³/mol. The van der Waals surface area contributed by atoms with Crippen molar-refractivity contribution >= 4 is 0 Å². The average molecular weight is 237 g/mol. The Morgan fingerprint density at radius 1 is 1.24 bits per heavy atom. The van der Waals surface area contributed by atoms with E-state index < -0.39 is 0 Å². The zero-order valence-corrected chi connectivity index (χ0v) is 11.4. The molecule has 0 radical (unpaired) electrons. The largest absolute Gasteiger partial charge is 0.496 e. The molecule has 0 saturated heterocycles. The molecule has 3 nitrogen and oxygen atoms in total. The maximum Gasteiger partial charge on any atom is 0.124 e. The van der Waals surface area contributed by atoms with Gasteiger partial charge in [-0.2, -0.15) is 0 Å². The summed E-state index contributed by atoms with van der Waals surface area (Å²) in [7, 11) is 5.35. The normalized spacial score (nSPS) is 12.8. The van der Waals surface area contributed by atoms with Gasteiger partial charge in [-0.25, -0.2) is 0 Å². The highest BCUT2D eigenvalue weighted by Gasteiger charge is 2.15. The van der Waals surface area contributed by atoms with Crippen molar-refractivity contribution in [2.45, 2.75) is 25.8 Å². The molecule has 1 aromatic carbocycles. The maximum atomic E-state index is 5.47. The summed E-state index contributed by atoms with van der Waals surface area (Å²) in [6, 6.07) is 6.55. The Kier molecular flexibility index (Phi) is 5.45. The zero-order valence-electron chi connectivity index (χ0n) is 11.4. The van der Waals surface area contributed by atoms with Crippen molar-refractivity contribution in [3.63, 3.8) is 0 Å². The first-order valence-corrected chi connectivity index (χ1v) is 5.98. The summed E-state index contributed by atoms with van der Waals surface area (Å²) in [6.07, 6.45) is 0. The number of hydrogen-bond acceptors (Lipinski definition) is 3. The number of hydrogen-bond donors (Lipinski definition) is 1. The van der Waals surface area contributed by atoms with Crippen LogP contribution in [-0.4, -0.2) is 27.9 Å². The van der Waals surface area contributed by atoms with E-state index in [1.54, 1.807) is 14.2 Å². The van der Waals surface area contributed by atoms with Gasteiger partial charge in [0.05, 0.1) is 19.8 Å². The molecule has 0 spiro atoms. The standard InChI is InChI=1S/C14H23NO2/c1-10(2)11-6-7-12(14(8-11)17-5)13(15-3)9-16-4/h6-8,10,13,15H,9H2,1-5H3. The number of likely N-dealkylation sites (N-methyl/N-ethyl adjacent to an activating group) is 1. The van der Waals surface area contributed by atoms with E-state index in [0.29, 0.717) is 12.5 Å². The molecule has 3 heteroatoms. The van der Waals surface area contributed by atoms with Gasteiger partial charge >= 0.3 is 0 Å². The molecule has 1 N–H and O–H groups in total. The van der Waals surface area contributed by atoms with Gasteiger partial charge < -0.3 is 14.8 Å². The number of ether oxygens (including phenoxy) is 2. The van der Waals surface area contributed by atoms with Gasteiger partial charge in [0.25, 0.3) is 0 Å². The summed E-state index contributed by atoms with van der Waals surface area (Å²) in [5.74, 6) is 1.43. The predicted octanol–water partition coefficient (Wildman–Crippen LogP) is 2.73. The third kappa shape index (κ3) is 3.45. The van der Waals surface area contributed by atoms with Crippen LogP contribution >= 0.6 is 0 Å². The SMILES string of the molecule is CNC(COC)c1ccc(C(C)C)cc1OC. The molecular weight excluding hydrogens is 214 g/mol. The van der Waals surface area contributed by atoms with Crippen molar-refractivity contribution in [1.29, 1.82) is 0 Å². The molecule has 1 unspecified atom stereocenters. The van der Waals surface area contributed by atoms with Crippen LogP contribution in [0.4, 0.5) is 0 Å². The molecule has 1 rings (SSSR count). The highest BCUT2D eigenvalue weighted by atomic mass is 16.5. The van der Waals surface area contributed by atoms with Gasteiger partial charge in [-0.1, -0.05) is 26.0 Å². The van der Waals surface area contributed by atoms with Gasteiger partial charge in [0.15, 0.2) is 0 Å². The first-order valence-electron chi connectivity index (χ1n) is 5.98. The molecule has 0 aliphatic carbocycles. The lowest BCUT2D eigenvalue weighted by atomic mass is 9.98. The van der Waals surface area contributed by atoms with Crippen LogP contribution in [0.2, 0.25) is 0 Å². The van der Waals surface area contributed by atoms with Crippen LogP contribution in [0.3, 0.4) is 0 Å². The molecule has 0 bridgehead atoms. The molecule has 0 aliphatic heterocycles. The molecule has 1 atom stereocenters. The van der Waals surface area contributed by atoms with Crippen LogP contribution in [0, 0.1) is 0 Å². The van der Waals surface area contributed by atoms with Crippen molar-refractivity contribution in [2.24, 2.45) is 0 Å². The smallest absolute Gasteiger partial charge is 0.124 e. The summed E-state index contributed by atoms with van der Waals surface area (Å²) < 4.78 is 10.7. The van der Waals surface area contributed by atoms with Gasteiger partial charge in [0.1, 0.15) is 5.75 Å². The molecule has 0 saturated carbocycles. The van der Waals surface area contributed by atoms with Gasteiger partial charge in [-0.05, 0) is 24.6 Å². The van der Waals surface area contributed by atoms with E-state index in [0.717, 1.165) is 11.3 Å². The lowest BCUT2D eigenvalue weighted by Crippen LogP contribution is -2.21. The third-order valence-corrected chi connectivity index (χ3v) is 2.98. The van der Waals surface area contributed by atoms with Crippen LogP contribution in [0.1, 0.15) is 36.9 Å². The Morgan fingerprint density at radius 2 is 1.94 bits per heavy atom. The van der Waals surface area contributed by atoms with Crippen molar-refractivity contribution < 1.29 is 9.47 Å². The fourth-order valence-corrected chi connectivity index (χ4v) is 1.87. The summed E-state index contributed by atoms with van der Waals surface area (Å²) in [5, 5.41) is 3.24. The van der Waals surface area contributed by atoms with Crippen LogP contribution < -0.4 is 10.1 Å². The van der Waals surface area contributed by atoms with Crippen LogP contribution in [0.15, 0.2) is 18.2 Å². The Bertz CT molecular complexity index is 350. The van der Waals surface area contributed by atoms with E-state index in [-0.39, 0.29) is 6.04 Å². The monoisotopic (exact) mass is 237 g/mol. The second kappa shape index (κ2) is 6.62. The summed E-state index contributed by atoms with van der Waals surface area (Å²) in [4.78, 5) is 0. The number of benzene rings is 1. The highest BCUT2D eigenvalue weighted by molar-refractivity contribution is 5.40. The van der Waals surface area contributed by atoms with Gasteiger partial charge in [-0.3, -0.25) is 0 Å². The lowest BCUT2D eigenvalue weighted by Gasteiger charge is -2.20. The minimum absolute atomic E-state index is 0.163. The average Bonchev–Trinajstić information content (AvgIpc) is 2.35. The fraction of sp³-hybridized carbons (Fsp3) is 0.571. The van der Waals surface area contributed by atoms with Crippen molar-refractivity contribution in [3.8, 4) is 5.75 Å². The van der Waals surface area contributed by atoms with Crippen molar-refractivity contribution in [2.75, 3.05) is 27.9 Å². The number of nitrogens with one attached hydrogen (secondary N) is 1. The van der Waals surface area contributed by atoms with E-state index in [2.05, 4.69) is 37.4 Å². The topological polar surface area (TPSA) is 30.5 Å². The summed E-state index contributed by atoms with van der Waals surface area (Å²) in [5.41, 5.74) is 2.43. The Morgan fingerprint density at radius 3 is 2.41 bits per heavy atom. The van der Waals surface area contributed by atoms with E-state index in [4.69, 9.17) is 9.47 Å². The Labute approximate surface area is 104 Å². The minimum Gasteiger partial charge on any atom is -0.496 e. The first-order chi connectivity index (χ1) is 8.13. The molecule has 17 heavy (non-hydrogen) atoms. The Hall–Kier alpha value is -1.06.